The van der Waals surface area contributed by atoms with Crippen LogP contribution >= 0.6 is 0 Å². The van der Waals surface area contributed by atoms with Crippen molar-refractivity contribution in [1.29, 1.82) is 0 Å². The number of aryl methyl sites for hydroxylation is 1. The van der Waals surface area contributed by atoms with Crippen LogP contribution in [0.4, 0.5) is 5.82 Å². The maximum absolute atomic E-state index is 11.4. The summed E-state index contributed by atoms with van der Waals surface area (Å²) in [4.78, 5) is 21.9. The Balaban J connectivity index is 1.76. The van der Waals surface area contributed by atoms with Crippen LogP contribution in [-0.2, 0) is 6.54 Å². The van der Waals surface area contributed by atoms with Gasteiger partial charge in [-0.1, -0.05) is 0 Å². The van der Waals surface area contributed by atoms with Crippen LogP contribution in [0.5, 0.6) is 5.75 Å². The average molecular weight is 263 g/mol. The lowest BCUT2D eigenvalue weighted by atomic mass is 10.3. The minimum Gasteiger partial charge on any atom is -0.489 e. The summed E-state index contributed by atoms with van der Waals surface area (Å²) in [6, 6.07) is 0. The fourth-order valence-corrected chi connectivity index (χ4v) is 1.75. The number of imidazole rings is 1. The molecule has 0 aliphatic rings. The van der Waals surface area contributed by atoms with Crippen molar-refractivity contribution in [2.75, 3.05) is 19.0 Å². The van der Waals surface area contributed by atoms with Gasteiger partial charge in [-0.2, -0.15) is 0 Å². The van der Waals surface area contributed by atoms with E-state index in [9.17, 15) is 4.79 Å². The highest BCUT2D eigenvalue weighted by Crippen LogP contribution is 2.14. The molecule has 0 saturated carbocycles. The molecular weight excluding hydrogens is 246 g/mol. The number of nitrogens with one attached hydrogen (secondary N) is 2. The Morgan fingerprint density at radius 3 is 3.11 bits per heavy atom. The van der Waals surface area contributed by atoms with E-state index in [-0.39, 0.29) is 11.3 Å². The van der Waals surface area contributed by atoms with Gasteiger partial charge in [0.2, 0.25) is 5.75 Å². The summed E-state index contributed by atoms with van der Waals surface area (Å²) in [5.41, 5.74) is -0.279. The molecule has 2 aromatic rings. The lowest BCUT2D eigenvalue weighted by Crippen LogP contribution is -2.14. The monoisotopic (exact) mass is 263 g/mol. The summed E-state index contributed by atoms with van der Waals surface area (Å²) >= 11 is 0. The molecule has 0 fully saturated rings. The lowest BCUT2D eigenvalue weighted by Gasteiger charge is -2.08. The molecule has 0 spiro atoms. The summed E-state index contributed by atoms with van der Waals surface area (Å²) < 4.78 is 7.04. The summed E-state index contributed by atoms with van der Waals surface area (Å²) in [5, 5.41) is 3.10. The highest BCUT2D eigenvalue weighted by atomic mass is 16.5. The fraction of sp³-hybridized carbons (Fsp3) is 0.417. The quantitative estimate of drug-likeness (QED) is 0.724. The maximum atomic E-state index is 11.4. The summed E-state index contributed by atoms with van der Waals surface area (Å²) in [6.07, 6.45) is 8.86. The molecule has 102 valence electrons. The van der Waals surface area contributed by atoms with Gasteiger partial charge in [-0.25, -0.2) is 9.97 Å². The molecule has 2 N–H and O–H groups in total. The van der Waals surface area contributed by atoms with Gasteiger partial charge in [0.1, 0.15) is 0 Å². The second-order valence-electron chi connectivity index (χ2n) is 4.05. The van der Waals surface area contributed by atoms with Crippen molar-refractivity contribution in [3.63, 3.8) is 0 Å². The number of rotatable bonds is 7. The fourth-order valence-electron chi connectivity index (χ4n) is 1.75. The molecule has 0 amide bonds. The second-order valence-corrected chi connectivity index (χ2v) is 4.05. The van der Waals surface area contributed by atoms with Crippen LogP contribution in [0, 0.1) is 0 Å². The first-order valence-electron chi connectivity index (χ1n) is 6.12. The molecule has 7 heteroatoms. The molecule has 0 atom stereocenters. The van der Waals surface area contributed by atoms with Crippen LogP contribution in [0.15, 0.2) is 29.8 Å². The Labute approximate surface area is 110 Å². The molecule has 7 nitrogen and oxygen atoms in total. The normalized spacial score (nSPS) is 10.4. The van der Waals surface area contributed by atoms with E-state index in [0.29, 0.717) is 5.82 Å². The number of H-pyrrole nitrogens is 1. The molecule has 2 rings (SSSR count). The first-order valence-corrected chi connectivity index (χ1v) is 6.12. The van der Waals surface area contributed by atoms with Gasteiger partial charge in [-0.15, -0.1) is 0 Å². The minimum absolute atomic E-state index is 0.220. The van der Waals surface area contributed by atoms with Crippen LogP contribution in [0.3, 0.4) is 0 Å². The van der Waals surface area contributed by atoms with Gasteiger partial charge in [0.25, 0.3) is 5.56 Å². The Kier molecular flexibility index (Phi) is 4.54. The van der Waals surface area contributed by atoms with Gasteiger partial charge < -0.3 is 19.6 Å². The smallest absolute Gasteiger partial charge is 0.295 e. The van der Waals surface area contributed by atoms with Crippen molar-refractivity contribution in [2.45, 2.75) is 19.4 Å². The topological polar surface area (TPSA) is 84.8 Å². The zero-order valence-corrected chi connectivity index (χ0v) is 10.8. The first kappa shape index (κ1) is 13.1. The highest BCUT2D eigenvalue weighted by molar-refractivity contribution is 5.47. The molecular formula is C12H17N5O2. The van der Waals surface area contributed by atoms with E-state index in [2.05, 4.69) is 20.3 Å². The van der Waals surface area contributed by atoms with Crippen LogP contribution in [-0.4, -0.2) is 33.2 Å². The largest absolute Gasteiger partial charge is 0.489 e. The molecule has 0 aliphatic heterocycles. The number of nitrogens with zero attached hydrogens (tertiary/aromatic N) is 3. The van der Waals surface area contributed by atoms with Crippen molar-refractivity contribution in [2.24, 2.45) is 0 Å². The van der Waals surface area contributed by atoms with Crippen molar-refractivity contribution < 1.29 is 4.74 Å². The van der Waals surface area contributed by atoms with E-state index in [1.54, 1.807) is 12.5 Å². The predicted molar refractivity (Wildman–Crippen MR) is 71.4 cm³/mol. The number of ether oxygens (including phenoxy) is 1. The standard InChI is InChI=1S/C12H17N5O2/c1-19-10-11(15-8-16-12(10)18)14-4-2-3-6-17-7-5-13-9-17/h5,7-9H,2-4,6H2,1H3,(H2,14,15,16,18). The minimum atomic E-state index is -0.279. The van der Waals surface area contributed by atoms with E-state index in [1.165, 1.54) is 13.4 Å². The summed E-state index contributed by atoms with van der Waals surface area (Å²) in [7, 11) is 1.45. The lowest BCUT2D eigenvalue weighted by molar-refractivity contribution is 0.408. The van der Waals surface area contributed by atoms with Crippen molar-refractivity contribution in [3.05, 3.63) is 35.4 Å². The zero-order chi connectivity index (χ0) is 13.5. The van der Waals surface area contributed by atoms with E-state index in [4.69, 9.17) is 4.74 Å². The third-order valence-electron chi connectivity index (χ3n) is 2.71. The SMILES string of the molecule is COc1c(NCCCCn2ccnc2)nc[nH]c1=O. The van der Waals surface area contributed by atoms with Crippen molar-refractivity contribution in [1.82, 2.24) is 19.5 Å². The number of hydrogen-bond donors (Lipinski definition) is 2. The Morgan fingerprint density at radius 2 is 2.37 bits per heavy atom. The second kappa shape index (κ2) is 6.58. The molecule has 0 aliphatic carbocycles. The number of aromatic nitrogens is 4. The third-order valence-corrected chi connectivity index (χ3v) is 2.71. The maximum Gasteiger partial charge on any atom is 0.295 e. The van der Waals surface area contributed by atoms with Gasteiger partial charge in [-0.05, 0) is 12.8 Å². The molecule has 0 saturated heterocycles. The van der Waals surface area contributed by atoms with Gasteiger partial charge in [0.05, 0.1) is 19.8 Å². The summed E-state index contributed by atoms with van der Waals surface area (Å²) in [5.74, 6) is 0.700. The molecule has 19 heavy (non-hydrogen) atoms. The van der Waals surface area contributed by atoms with Gasteiger partial charge in [0.15, 0.2) is 5.82 Å². The van der Waals surface area contributed by atoms with E-state index in [1.807, 2.05) is 10.8 Å². The molecule has 0 aromatic carbocycles. The average Bonchev–Trinajstić information content (AvgIpc) is 2.92. The van der Waals surface area contributed by atoms with E-state index < -0.39 is 0 Å². The Bertz CT molecular complexity index is 549. The first-order chi connectivity index (χ1) is 9.31. The molecule has 2 heterocycles. The van der Waals surface area contributed by atoms with Gasteiger partial charge in [0, 0.05) is 25.5 Å². The number of aromatic amines is 1. The van der Waals surface area contributed by atoms with Crippen LogP contribution in [0.1, 0.15) is 12.8 Å². The predicted octanol–water partition coefficient (Wildman–Crippen LogP) is 0.867. The van der Waals surface area contributed by atoms with Gasteiger partial charge >= 0.3 is 0 Å². The third kappa shape index (κ3) is 3.57. The zero-order valence-electron chi connectivity index (χ0n) is 10.8. The van der Waals surface area contributed by atoms with E-state index >= 15 is 0 Å². The molecule has 0 bridgehead atoms. The highest BCUT2D eigenvalue weighted by Gasteiger charge is 2.07. The van der Waals surface area contributed by atoms with Crippen LogP contribution < -0.4 is 15.6 Å². The van der Waals surface area contributed by atoms with Crippen molar-refractivity contribution >= 4 is 5.82 Å². The number of unbranched alkanes of at least 4 members (excludes halogenated alkanes) is 1. The number of methoxy groups -OCH3 is 1. The number of hydrogen-bond acceptors (Lipinski definition) is 5. The number of anilines is 1. The van der Waals surface area contributed by atoms with E-state index in [0.717, 1.165) is 25.9 Å². The Hall–Kier alpha value is -2.31. The van der Waals surface area contributed by atoms with Crippen LogP contribution in [0.2, 0.25) is 0 Å². The van der Waals surface area contributed by atoms with Crippen molar-refractivity contribution in [3.8, 4) is 5.75 Å². The molecule has 2 aromatic heterocycles. The molecule has 0 unspecified atom stereocenters. The Morgan fingerprint density at radius 1 is 1.47 bits per heavy atom. The van der Waals surface area contributed by atoms with Crippen LogP contribution in [0.25, 0.3) is 0 Å². The summed E-state index contributed by atoms with van der Waals surface area (Å²) in [6.45, 7) is 1.67. The van der Waals surface area contributed by atoms with Gasteiger partial charge in [-0.3, -0.25) is 4.79 Å². The molecule has 0 radical (unpaired) electrons.